The smallest absolute Gasteiger partial charge is 0.363 e. The standard InChI is InChI=1S/C11H9BrO7/c12-11(10(17)18,7(13)8(14)15)19-9(16)6-4-2-1-3-5-6/h1-5,7,13H,(H,14,15)(H,17,18)/t7-,11+/m1/s1. The number of carbonyl (C=O) groups is 3. The van der Waals surface area contributed by atoms with Crippen LogP contribution in [0.5, 0.6) is 0 Å². The minimum atomic E-state index is -2.76. The lowest BCUT2D eigenvalue weighted by Gasteiger charge is -2.25. The van der Waals surface area contributed by atoms with Crippen molar-refractivity contribution in [1.82, 2.24) is 0 Å². The predicted octanol–water partition coefficient (Wildman–Crippen LogP) is 0.465. The molecule has 0 aliphatic carbocycles. The molecule has 0 aliphatic heterocycles. The molecule has 102 valence electrons. The molecule has 19 heavy (non-hydrogen) atoms. The number of rotatable bonds is 5. The SMILES string of the molecule is O=C(O[C@](Br)(C(=O)O)[C@H](O)C(=O)O)c1ccccc1. The fourth-order valence-electron chi connectivity index (χ4n) is 1.14. The number of carbonyl (C=O) groups excluding carboxylic acids is 1. The molecule has 1 aromatic rings. The number of carboxylic acids is 2. The Morgan fingerprint density at radius 2 is 1.68 bits per heavy atom. The van der Waals surface area contributed by atoms with E-state index in [9.17, 15) is 19.5 Å². The molecule has 0 unspecified atom stereocenters. The summed E-state index contributed by atoms with van der Waals surface area (Å²) in [4.78, 5) is 33.3. The Morgan fingerprint density at radius 3 is 2.11 bits per heavy atom. The molecule has 0 saturated heterocycles. The first kappa shape index (κ1) is 15.1. The van der Waals surface area contributed by atoms with Crippen molar-refractivity contribution >= 4 is 33.8 Å². The Balaban J connectivity index is 3.01. The number of aliphatic hydroxyl groups is 1. The Labute approximate surface area is 115 Å². The van der Waals surface area contributed by atoms with E-state index in [1.165, 1.54) is 24.3 Å². The molecule has 2 atom stereocenters. The molecular formula is C11H9BrO7. The maximum atomic E-state index is 11.7. The summed E-state index contributed by atoms with van der Waals surface area (Å²) in [5.41, 5.74) is 0.0187. The van der Waals surface area contributed by atoms with Gasteiger partial charge in [0, 0.05) is 0 Å². The third-order valence-corrected chi connectivity index (χ3v) is 3.06. The fourth-order valence-corrected chi connectivity index (χ4v) is 1.49. The molecule has 0 bridgehead atoms. The lowest BCUT2D eigenvalue weighted by atomic mass is 10.2. The third-order valence-electron chi connectivity index (χ3n) is 2.13. The Bertz CT molecular complexity index is 501. The number of aliphatic carboxylic acids is 2. The minimum Gasteiger partial charge on any atom is -0.479 e. The van der Waals surface area contributed by atoms with Gasteiger partial charge in [0.15, 0.2) is 0 Å². The summed E-state index contributed by atoms with van der Waals surface area (Å²) in [6.45, 7) is 0. The molecule has 0 amide bonds. The minimum absolute atomic E-state index is 0.0187. The highest BCUT2D eigenvalue weighted by molar-refractivity contribution is 9.10. The first-order valence-corrected chi connectivity index (χ1v) is 5.70. The van der Waals surface area contributed by atoms with Gasteiger partial charge in [-0.25, -0.2) is 14.4 Å². The van der Waals surface area contributed by atoms with E-state index in [0.29, 0.717) is 0 Å². The predicted molar refractivity (Wildman–Crippen MR) is 64.8 cm³/mol. The average molecular weight is 333 g/mol. The highest BCUT2D eigenvalue weighted by Crippen LogP contribution is 2.27. The topological polar surface area (TPSA) is 121 Å². The number of ether oxygens (including phenoxy) is 1. The van der Waals surface area contributed by atoms with Crippen LogP contribution in [-0.2, 0) is 14.3 Å². The molecule has 0 heterocycles. The van der Waals surface area contributed by atoms with E-state index in [2.05, 4.69) is 20.7 Å². The van der Waals surface area contributed by atoms with Gasteiger partial charge in [-0.15, -0.1) is 0 Å². The van der Waals surface area contributed by atoms with Gasteiger partial charge in [0.25, 0.3) is 4.51 Å². The van der Waals surface area contributed by atoms with Crippen LogP contribution in [0.4, 0.5) is 0 Å². The number of aliphatic hydroxyl groups excluding tert-OH is 1. The van der Waals surface area contributed by atoms with Gasteiger partial charge in [-0.05, 0) is 28.1 Å². The second kappa shape index (κ2) is 5.81. The lowest BCUT2D eigenvalue weighted by molar-refractivity contribution is -0.169. The van der Waals surface area contributed by atoms with E-state index in [-0.39, 0.29) is 5.56 Å². The van der Waals surface area contributed by atoms with Gasteiger partial charge in [-0.2, -0.15) is 0 Å². The van der Waals surface area contributed by atoms with Crippen molar-refractivity contribution in [3.05, 3.63) is 35.9 Å². The molecule has 0 fully saturated rings. The summed E-state index contributed by atoms with van der Waals surface area (Å²) in [6.07, 6.45) is -2.46. The molecule has 8 heteroatoms. The van der Waals surface area contributed by atoms with Crippen molar-refractivity contribution in [2.45, 2.75) is 10.6 Å². The van der Waals surface area contributed by atoms with Crippen LogP contribution >= 0.6 is 15.9 Å². The lowest BCUT2D eigenvalue weighted by Crippen LogP contribution is -2.51. The quantitative estimate of drug-likeness (QED) is 0.529. The number of halogens is 1. The summed E-state index contributed by atoms with van der Waals surface area (Å²) >= 11 is 2.44. The number of esters is 1. The summed E-state index contributed by atoms with van der Waals surface area (Å²) in [5.74, 6) is -4.77. The van der Waals surface area contributed by atoms with Crippen LogP contribution in [0.2, 0.25) is 0 Å². The molecule has 3 N–H and O–H groups in total. The van der Waals surface area contributed by atoms with E-state index in [4.69, 9.17) is 10.2 Å². The van der Waals surface area contributed by atoms with Gasteiger partial charge < -0.3 is 20.1 Å². The van der Waals surface area contributed by atoms with E-state index in [1.807, 2.05) is 0 Å². The van der Waals surface area contributed by atoms with Crippen LogP contribution in [-0.4, -0.2) is 43.8 Å². The summed E-state index contributed by atoms with van der Waals surface area (Å²) in [6, 6.07) is 7.36. The Kier molecular flexibility index (Phi) is 4.62. The van der Waals surface area contributed by atoms with Gasteiger partial charge in [0.05, 0.1) is 5.56 Å². The second-order valence-corrected chi connectivity index (χ2v) is 4.62. The molecular weight excluding hydrogens is 324 g/mol. The largest absolute Gasteiger partial charge is 0.479 e. The number of hydrogen-bond donors (Lipinski definition) is 3. The monoisotopic (exact) mass is 332 g/mol. The zero-order chi connectivity index (χ0) is 14.6. The molecule has 7 nitrogen and oxygen atoms in total. The Morgan fingerprint density at radius 1 is 1.16 bits per heavy atom. The highest BCUT2D eigenvalue weighted by Gasteiger charge is 2.51. The van der Waals surface area contributed by atoms with E-state index < -0.39 is 28.5 Å². The van der Waals surface area contributed by atoms with Crippen molar-refractivity contribution < 1.29 is 34.4 Å². The first-order chi connectivity index (χ1) is 8.79. The maximum Gasteiger partial charge on any atom is 0.363 e. The van der Waals surface area contributed by atoms with E-state index in [1.54, 1.807) is 6.07 Å². The van der Waals surface area contributed by atoms with Crippen LogP contribution in [0.3, 0.4) is 0 Å². The molecule has 0 radical (unpaired) electrons. The highest BCUT2D eigenvalue weighted by atomic mass is 79.9. The normalized spacial score (nSPS) is 15.1. The van der Waals surface area contributed by atoms with Crippen molar-refractivity contribution in [1.29, 1.82) is 0 Å². The van der Waals surface area contributed by atoms with Crippen molar-refractivity contribution in [2.24, 2.45) is 0 Å². The third kappa shape index (κ3) is 3.30. The van der Waals surface area contributed by atoms with Crippen molar-refractivity contribution in [3.63, 3.8) is 0 Å². The zero-order valence-electron chi connectivity index (χ0n) is 9.32. The van der Waals surface area contributed by atoms with E-state index >= 15 is 0 Å². The van der Waals surface area contributed by atoms with Crippen LogP contribution in [0, 0.1) is 0 Å². The molecule has 1 aromatic carbocycles. The van der Waals surface area contributed by atoms with Crippen LogP contribution in [0.1, 0.15) is 10.4 Å². The molecule has 0 aromatic heterocycles. The van der Waals surface area contributed by atoms with Gasteiger partial charge in [0.1, 0.15) is 0 Å². The van der Waals surface area contributed by atoms with Gasteiger partial charge in [-0.1, -0.05) is 18.2 Å². The molecule has 0 aliphatic rings. The van der Waals surface area contributed by atoms with Gasteiger partial charge in [-0.3, -0.25) is 0 Å². The number of carboxylic acid groups (broad SMARTS) is 2. The fraction of sp³-hybridized carbons (Fsp3) is 0.182. The molecule has 0 saturated carbocycles. The first-order valence-electron chi connectivity index (χ1n) is 4.90. The zero-order valence-corrected chi connectivity index (χ0v) is 10.9. The summed E-state index contributed by atoms with van der Waals surface area (Å²) < 4.78 is 1.80. The van der Waals surface area contributed by atoms with Crippen molar-refractivity contribution in [2.75, 3.05) is 0 Å². The van der Waals surface area contributed by atoms with Crippen molar-refractivity contribution in [3.8, 4) is 0 Å². The number of alkyl halides is 1. The summed E-state index contributed by atoms with van der Waals surface area (Å²) in [7, 11) is 0. The molecule has 1 rings (SSSR count). The Hall–Kier alpha value is -1.93. The van der Waals surface area contributed by atoms with E-state index in [0.717, 1.165) is 0 Å². The van der Waals surface area contributed by atoms with Gasteiger partial charge >= 0.3 is 17.9 Å². The van der Waals surface area contributed by atoms with Gasteiger partial charge in [0.2, 0.25) is 6.10 Å². The average Bonchev–Trinajstić information content (AvgIpc) is 2.38. The van der Waals surface area contributed by atoms with Crippen LogP contribution in [0.15, 0.2) is 30.3 Å². The maximum absolute atomic E-state index is 11.7. The second-order valence-electron chi connectivity index (χ2n) is 3.45. The van der Waals surface area contributed by atoms with Crippen LogP contribution < -0.4 is 0 Å². The summed E-state index contributed by atoms with van der Waals surface area (Å²) in [5, 5.41) is 26.8. The molecule has 0 spiro atoms. The number of hydrogen-bond acceptors (Lipinski definition) is 5. The van der Waals surface area contributed by atoms with Crippen LogP contribution in [0.25, 0.3) is 0 Å². The number of benzene rings is 1.